The SMILES string of the molecule is O=C1C[C@H](c2ccccc2)Cc2occc21. The Morgan fingerprint density at radius 3 is 2.69 bits per heavy atom. The summed E-state index contributed by atoms with van der Waals surface area (Å²) in [5.41, 5.74) is 1.99. The van der Waals surface area contributed by atoms with Gasteiger partial charge in [-0.05, 0) is 17.5 Å². The fourth-order valence-electron chi connectivity index (χ4n) is 2.34. The zero-order valence-electron chi connectivity index (χ0n) is 8.85. The second-order valence-corrected chi connectivity index (χ2v) is 4.20. The van der Waals surface area contributed by atoms with Gasteiger partial charge in [0.2, 0.25) is 0 Å². The highest BCUT2D eigenvalue weighted by molar-refractivity contribution is 5.98. The van der Waals surface area contributed by atoms with Gasteiger partial charge in [-0.1, -0.05) is 30.3 Å². The van der Waals surface area contributed by atoms with Gasteiger partial charge in [0, 0.05) is 12.8 Å². The molecule has 1 atom stereocenters. The molecule has 1 heterocycles. The summed E-state index contributed by atoms with van der Waals surface area (Å²) in [5.74, 6) is 1.31. The minimum absolute atomic E-state index is 0.198. The Kier molecular flexibility index (Phi) is 2.13. The molecule has 0 spiro atoms. The molecule has 80 valence electrons. The van der Waals surface area contributed by atoms with Crippen LogP contribution in [-0.4, -0.2) is 5.78 Å². The standard InChI is InChI=1S/C14H12O2/c15-13-8-11(10-4-2-1-3-5-10)9-14-12(13)6-7-16-14/h1-7,11H,8-9H2/t11-/m0/s1. The summed E-state index contributed by atoms with van der Waals surface area (Å²) < 4.78 is 5.36. The molecule has 0 saturated carbocycles. The van der Waals surface area contributed by atoms with Gasteiger partial charge in [0.15, 0.2) is 5.78 Å². The van der Waals surface area contributed by atoms with Crippen LogP contribution in [0.3, 0.4) is 0 Å². The van der Waals surface area contributed by atoms with Gasteiger partial charge in [0.05, 0.1) is 11.8 Å². The third-order valence-corrected chi connectivity index (χ3v) is 3.18. The molecule has 0 bridgehead atoms. The number of carbonyl (C=O) groups is 1. The monoisotopic (exact) mass is 212 g/mol. The summed E-state index contributed by atoms with van der Waals surface area (Å²) in [6.45, 7) is 0. The van der Waals surface area contributed by atoms with Crippen molar-refractivity contribution >= 4 is 5.78 Å². The van der Waals surface area contributed by atoms with E-state index in [-0.39, 0.29) is 11.7 Å². The third-order valence-electron chi connectivity index (χ3n) is 3.18. The van der Waals surface area contributed by atoms with Crippen LogP contribution in [0.25, 0.3) is 0 Å². The van der Waals surface area contributed by atoms with Crippen molar-refractivity contribution in [2.75, 3.05) is 0 Å². The fraction of sp³-hybridized carbons (Fsp3) is 0.214. The van der Waals surface area contributed by atoms with Crippen molar-refractivity contribution in [3.8, 4) is 0 Å². The Morgan fingerprint density at radius 1 is 1.06 bits per heavy atom. The maximum Gasteiger partial charge on any atom is 0.167 e. The summed E-state index contributed by atoms with van der Waals surface area (Å²) in [5, 5.41) is 0. The highest BCUT2D eigenvalue weighted by Crippen LogP contribution is 2.32. The van der Waals surface area contributed by atoms with Crippen molar-refractivity contribution in [2.45, 2.75) is 18.8 Å². The first-order valence-electron chi connectivity index (χ1n) is 5.49. The minimum atomic E-state index is 0.198. The van der Waals surface area contributed by atoms with Gasteiger partial charge in [-0.2, -0.15) is 0 Å². The number of Topliss-reactive ketones (excluding diaryl/α,β-unsaturated/α-hetero) is 1. The van der Waals surface area contributed by atoms with Crippen molar-refractivity contribution in [1.29, 1.82) is 0 Å². The van der Waals surface area contributed by atoms with Crippen molar-refractivity contribution in [3.05, 3.63) is 59.5 Å². The lowest BCUT2D eigenvalue weighted by Crippen LogP contribution is -2.17. The molecule has 2 aromatic rings. The Labute approximate surface area is 93.9 Å². The van der Waals surface area contributed by atoms with E-state index < -0.39 is 0 Å². The van der Waals surface area contributed by atoms with E-state index in [1.54, 1.807) is 12.3 Å². The summed E-state index contributed by atoms with van der Waals surface area (Å²) in [6.07, 6.45) is 3.03. The first kappa shape index (κ1) is 9.40. The van der Waals surface area contributed by atoms with Crippen molar-refractivity contribution in [3.63, 3.8) is 0 Å². The molecule has 0 unspecified atom stereocenters. The lowest BCUT2D eigenvalue weighted by molar-refractivity contribution is 0.0960. The van der Waals surface area contributed by atoms with Crippen molar-refractivity contribution in [2.24, 2.45) is 0 Å². The quantitative estimate of drug-likeness (QED) is 0.726. The van der Waals surface area contributed by atoms with E-state index in [4.69, 9.17) is 4.42 Å². The largest absolute Gasteiger partial charge is 0.469 e. The molecule has 1 aliphatic rings. The molecule has 2 nitrogen and oxygen atoms in total. The van der Waals surface area contributed by atoms with Gasteiger partial charge in [0.1, 0.15) is 5.76 Å². The van der Waals surface area contributed by atoms with Crippen LogP contribution in [0.2, 0.25) is 0 Å². The first-order valence-corrected chi connectivity index (χ1v) is 5.49. The number of hydrogen-bond donors (Lipinski definition) is 0. The normalized spacial score (nSPS) is 19.5. The molecule has 0 amide bonds. The number of ketones is 1. The van der Waals surface area contributed by atoms with Crippen LogP contribution in [0.5, 0.6) is 0 Å². The Bertz CT molecular complexity index is 511. The van der Waals surface area contributed by atoms with Crippen LogP contribution in [0, 0.1) is 0 Å². The molecule has 1 aliphatic carbocycles. The number of furan rings is 1. The zero-order valence-corrected chi connectivity index (χ0v) is 8.85. The van der Waals surface area contributed by atoms with Crippen molar-refractivity contribution in [1.82, 2.24) is 0 Å². The molecule has 2 heteroatoms. The summed E-state index contributed by atoms with van der Waals surface area (Å²) >= 11 is 0. The van der Waals surface area contributed by atoms with E-state index in [0.717, 1.165) is 17.7 Å². The van der Waals surface area contributed by atoms with Crippen LogP contribution in [0.1, 0.15) is 34.0 Å². The second kappa shape index (κ2) is 3.63. The molecule has 0 aliphatic heterocycles. The maximum atomic E-state index is 11.9. The number of benzene rings is 1. The van der Waals surface area contributed by atoms with Gasteiger partial charge < -0.3 is 4.42 Å². The Morgan fingerprint density at radius 2 is 1.88 bits per heavy atom. The van der Waals surface area contributed by atoms with Gasteiger partial charge in [-0.15, -0.1) is 0 Å². The molecule has 3 rings (SSSR count). The minimum Gasteiger partial charge on any atom is -0.469 e. The van der Waals surface area contributed by atoms with Gasteiger partial charge in [-0.3, -0.25) is 4.79 Å². The average molecular weight is 212 g/mol. The van der Waals surface area contributed by atoms with Gasteiger partial charge in [-0.25, -0.2) is 0 Å². The van der Waals surface area contributed by atoms with Crippen molar-refractivity contribution < 1.29 is 9.21 Å². The average Bonchev–Trinajstić information content (AvgIpc) is 2.79. The summed E-state index contributed by atoms with van der Waals surface area (Å²) in [6, 6.07) is 11.9. The smallest absolute Gasteiger partial charge is 0.167 e. The first-order chi connectivity index (χ1) is 7.84. The number of carbonyl (C=O) groups excluding carboxylic acids is 1. The van der Waals surface area contributed by atoms with Crippen LogP contribution in [0.15, 0.2) is 47.1 Å². The maximum absolute atomic E-state index is 11.9. The molecule has 1 aromatic heterocycles. The van der Waals surface area contributed by atoms with E-state index in [9.17, 15) is 4.79 Å². The van der Waals surface area contributed by atoms with Crippen LogP contribution >= 0.6 is 0 Å². The van der Waals surface area contributed by atoms with Gasteiger partial charge in [0.25, 0.3) is 0 Å². The molecule has 0 radical (unpaired) electrons. The topological polar surface area (TPSA) is 30.2 Å². The molecule has 0 N–H and O–H groups in total. The number of rotatable bonds is 1. The Balaban J connectivity index is 1.95. The van der Waals surface area contributed by atoms with E-state index in [0.29, 0.717) is 6.42 Å². The highest BCUT2D eigenvalue weighted by Gasteiger charge is 2.28. The molecule has 0 saturated heterocycles. The number of fused-ring (bicyclic) bond motifs is 1. The molecular formula is C14H12O2. The van der Waals surface area contributed by atoms with E-state index >= 15 is 0 Å². The van der Waals surface area contributed by atoms with E-state index in [1.807, 2.05) is 18.2 Å². The predicted molar refractivity (Wildman–Crippen MR) is 60.5 cm³/mol. The van der Waals surface area contributed by atoms with Gasteiger partial charge >= 0.3 is 0 Å². The number of hydrogen-bond acceptors (Lipinski definition) is 2. The fourth-order valence-corrected chi connectivity index (χ4v) is 2.34. The van der Waals surface area contributed by atoms with E-state index in [1.165, 1.54) is 5.56 Å². The van der Waals surface area contributed by atoms with Crippen LogP contribution in [0.4, 0.5) is 0 Å². The molecule has 16 heavy (non-hydrogen) atoms. The molecular weight excluding hydrogens is 200 g/mol. The zero-order chi connectivity index (χ0) is 11.0. The lowest BCUT2D eigenvalue weighted by atomic mass is 9.83. The third kappa shape index (κ3) is 1.47. The highest BCUT2D eigenvalue weighted by atomic mass is 16.3. The Hall–Kier alpha value is -1.83. The molecule has 0 fully saturated rings. The van der Waals surface area contributed by atoms with E-state index in [2.05, 4.69) is 12.1 Å². The second-order valence-electron chi connectivity index (χ2n) is 4.20. The molecule has 1 aromatic carbocycles. The predicted octanol–water partition coefficient (Wildman–Crippen LogP) is 3.19. The van der Waals surface area contributed by atoms with Crippen LogP contribution in [-0.2, 0) is 6.42 Å². The van der Waals surface area contributed by atoms with Crippen LogP contribution < -0.4 is 0 Å². The summed E-state index contributed by atoms with van der Waals surface area (Å²) in [4.78, 5) is 11.9. The summed E-state index contributed by atoms with van der Waals surface area (Å²) in [7, 11) is 0. The lowest BCUT2D eigenvalue weighted by Gasteiger charge is -2.20.